The number of likely N-dealkylation sites (tertiary alicyclic amines) is 1. The predicted molar refractivity (Wildman–Crippen MR) is 74.9 cm³/mol. The van der Waals surface area contributed by atoms with E-state index in [2.05, 4.69) is 15.9 Å². The molecule has 98 valence electrons. The monoisotopic (exact) mass is 332 g/mol. The number of hydrogen-bond acceptors (Lipinski definition) is 3. The second-order valence-electron chi connectivity index (χ2n) is 4.18. The quantitative estimate of drug-likeness (QED) is 0.865. The zero-order chi connectivity index (χ0) is 13.1. The Morgan fingerprint density at radius 2 is 2.11 bits per heavy atom. The standard InChI is InChI=1S/C12H14BrClN2O2/c13-9-5-8(14)6-10(15)12(9)18-7-11(17)16-3-1-2-4-16/h5-6H,1-4,7,15H2. The van der Waals surface area contributed by atoms with Crippen LogP contribution in [0.15, 0.2) is 16.6 Å². The van der Waals surface area contributed by atoms with Crippen LogP contribution >= 0.6 is 27.5 Å². The van der Waals surface area contributed by atoms with Crippen LogP contribution in [-0.4, -0.2) is 30.5 Å². The molecule has 0 aromatic heterocycles. The second kappa shape index (κ2) is 5.80. The molecule has 0 aliphatic carbocycles. The Bertz CT molecular complexity index is 438. The van der Waals surface area contributed by atoms with Gasteiger partial charge in [0.15, 0.2) is 12.4 Å². The number of benzene rings is 1. The van der Waals surface area contributed by atoms with Crippen LogP contribution in [0, 0.1) is 0 Å². The summed E-state index contributed by atoms with van der Waals surface area (Å²) < 4.78 is 6.13. The van der Waals surface area contributed by atoms with Crippen molar-refractivity contribution >= 4 is 39.1 Å². The normalized spacial score (nSPS) is 14.9. The van der Waals surface area contributed by atoms with Gasteiger partial charge in [0.1, 0.15) is 0 Å². The van der Waals surface area contributed by atoms with Crippen LogP contribution in [0.2, 0.25) is 5.02 Å². The molecule has 1 fully saturated rings. The first-order chi connectivity index (χ1) is 8.58. The largest absolute Gasteiger partial charge is 0.480 e. The number of nitrogens with zero attached hydrogens (tertiary/aromatic N) is 1. The van der Waals surface area contributed by atoms with Gasteiger partial charge in [0.2, 0.25) is 0 Å². The molecular weight excluding hydrogens is 320 g/mol. The number of nitrogen functional groups attached to an aromatic ring is 1. The van der Waals surface area contributed by atoms with Crippen LogP contribution in [-0.2, 0) is 4.79 Å². The molecule has 0 atom stereocenters. The molecule has 0 radical (unpaired) electrons. The predicted octanol–water partition coefficient (Wildman–Crippen LogP) is 2.69. The first kappa shape index (κ1) is 13.5. The summed E-state index contributed by atoms with van der Waals surface area (Å²) in [6.45, 7) is 1.64. The molecule has 0 saturated carbocycles. The summed E-state index contributed by atoms with van der Waals surface area (Å²) in [5.74, 6) is 0.459. The highest BCUT2D eigenvalue weighted by molar-refractivity contribution is 9.10. The third kappa shape index (κ3) is 3.09. The van der Waals surface area contributed by atoms with E-state index in [-0.39, 0.29) is 12.5 Å². The number of hydrogen-bond donors (Lipinski definition) is 1. The van der Waals surface area contributed by atoms with Crippen molar-refractivity contribution in [2.24, 2.45) is 0 Å². The van der Waals surface area contributed by atoms with E-state index in [0.29, 0.717) is 20.9 Å². The van der Waals surface area contributed by atoms with Crippen LogP contribution in [0.3, 0.4) is 0 Å². The lowest BCUT2D eigenvalue weighted by Crippen LogP contribution is -2.32. The van der Waals surface area contributed by atoms with Gasteiger partial charge in [0.25, 0.3) is 5.91 Å². The summed E-state index contributed by atoms with van der Waals surface area (Å²) in [5, 5.41) is 0.526. The van der Waals surface area contributed by atoms with Gasteiger partial charge in [-0.25, -0.2) is 0 Å². The maximum absolute atomic E-state index is 11.8. The Morgan fingerprint density at radius 1 is 1.44 bits per heavy atom. The van der Waals surface area contributed by atoms with Crippen molar-refractivity contribution in [3.63, 3.8) is 0 Å². The highest BCUT2D eigenvalue weighted by Crippen LogP contribution is 2.34. The zero-order valence-corrected chi connectivity index (χ0v) is 12.1. The van der Waals surface area contributed by atoms with E-state index >= 15 is 0 Å². The number of halogens is 2. The van der Waals surface area contributed by atoms with Crippen molar-refractivity contribution in [2.75, 3.05) is 25.4 Å². The minimum absolute atomic E-state index is 0.00440. The first-order valence-corrected chi connectivity index (χ1v) is 6.90. The molecule has 4 nitrogen and oxygen atoms in total. The Balaban J connectivity index is 1.99. The molecule has 18 heavy (non-hydrogen) atoms. The summed E-state index contributed by atoms with van der Waals surface area (Å²) in [7, 11) is 0. The average molecular weight is 334 g/mol. The Hall–Kier alpha value is -0.940. The number of amides is 1. The third-order valence-electron chi connectivity index (χ3n) is 2.84. The highest BCUT2D eigenvalue weighted by Gasteiger charge is 2.19. The number of nitrogens with two attached hydrogens (primary N) is 1. The molecule has 2 N–H and O–H groups in total. The van der Waals surface area contributed by atoms with Gasteiger partial charge in [-0.05, 0) is 40.9 Å². The zero-order valence-electron chi connectivity index (χ0n) is 9.79. The topological polar surface area (TPSA) is 55.6 Å². The SMILES string of the molecule is Nc1cc(Cl)cc(Br)c1OCC(=O)N1CCCC1. The average Bonchev–Trinajstić information content (AvgIpc) is 2.80. The van der Waals surface area contributed by atoms with Gasteiger partial charge in [-0.3, -0.25) is 4.79 Å². The van der Waals surface area contributed by atoms with Gasteiger partial charge in [-0.1, -0.05) is 11.6 Å². The van der Waals surface area contributed by atoms with E-state index in [9.17, 15) is 4.79 Å². The minimum Gasteiger partial charge on any atom is -0.480 e. The van der Waals surface area contributed by atoms with Crippen LogP contribution in [0.1, 0.15) is 12.8 Å². The van der Waals surface area contributed by atoms with E-state index in [4.69, 9.17) is 22.1 Å². The molecule has 0 spiro atoms. The van der Waals surface area contributed by atoms with Crippen molar-refractivity contribution < 1.29 is 9.53 Å². The molecule has 1 amide bonds. The summed E-state index contributed by atoms with van der Waals surface area (Å²) in [6.07, 6.45) is 2.14. The van der Waals surface area contributed by atoms with Gasteiger partial charge in [-0.2, -0.15) is 0 Å². The molecule has 0 unspecified atom stereocenters. The second-order valence-corrected chi connectivity index (χ2v) is 5.47. The number of ether oxygens (including phenoxy) is 1. The molecule has 0 bridgehead atoms. The Morgan fingerprint density at radius 3 is 2.72 bits per heavy atom. The van der Waals surface area contributed by atoms with E-state index < -0.39 is 0 Å². The molecule has 2 rings (SSSR count). The fraction of sp³-hybridized carbons (Fsp3) is 0.417. The third-order valence-corrected chi connectivity index (χ3v) is 3.64. The van der Waals surface area contributed by atoms with Crippen molar-refractivity contribution in [1.82, 2.24) is 4.90 Å². The van der Waals surface area contributed by atoms with Gasteiger partial charge >= 0.3 is 0 Å². The van der Waals surface area contributed by atoms with E-state index in [1.165, 1.54) is 0 Å². The molecule has 1 heterocycles. The molecule has 1 aliphatic heterocycles. The lowest BCUT2D eigenvalue weighted by atomic mass is 10.3. The lowest BCUT2D eigenvalue weighted by Gasteiger charge is -2.16. The van der Waals surface area contributed by atoms with Crippen molar-refractivity contribution in [3.8, 4) is 5.75 Å². The summed E-state index contributed by atoms with van der Waals surface area (Å²) >= 11 is 9.17. The van der Waals surface area contributed by atoms with Crippen molar-refractivity contribution in [1.29, 1.82) is 0 Å². The Kier molecular flexibility index (Phi) is 4.35. The lowest BCUT2D eigenvalue weighted by molar-refractivity contribution is -0.132. The van der Waals surface area contributed by atoms with E-state index in [0.717, 1.165) is 25.9 Å². The molecule has 1 saturated heterocycles. The van der Waals surface area contributed by atoms with Crippen LogP contribution in [0.4, 0.5) is 5.69 Å². The smallest absolute Gasteiger partial charge is 0.260 e. The van der Waals surface area contributed by atoms with E-state index in [1.807, 2.05) is 0 Å². The summed E-state index contributed by atoms with van der Waals surface area (Å²) in [5.41, 5.74) is 6.22. The van der Waals surface area contributed by atoms with Gasteiger partial charge < -0.3 is 15.4 Å². The molecule has 6 heteroatoms. The molecule has 1 aromatic carbocycles. The van der Waals surface area contributed by atoms with Gasteiger partial charge in [0, 0.05) is 18.1 Å². The molecule has 1 aliphatic rings. The summed E-state index contributed by atoms with van der Waals surface area (Å²) in [6, 6.07) is 3.29. The number of carbonyl (C=O) groups excluding carboxylic acids is 1. The van der Waals surface area contributed by atoms with Crippen molar-refractivity contribution in [2.45, 2.75) is 12.8 Å². The maximum atomic E-state index is 11.8. The number of carbonyl (C=O) groups is 1. The number of anilines is 1. The van der Waals surface area contributed by atoms with Gasteiger partial charge in [-0.15, -0.1) is 0 Å². The first-order valence-electron chi connectivity index (χ1n) is 5.73. The maximum Gasteiger partial charge on any atom is 0.260 e. The fourth-order valence-corrected chi connectivity index (χ4v) is 2.87. The van der Waals surface area contributed by atoms with Crippen LogP contribution in [0.25, 0.3) is 0 Å². The molecule has 1 aromatic rings. The van der Waals surface area contributed by atoms with Crippen LogP contribution < -0.4 is 10.5 Å². The van der Waals surface area contributed by atoms with Crippen LogP contribution in [0.5, 0.6) is 5.75 Å². The Labute approximate surface area is 119 Å². The molecular formula is C12H14BrClN2O2. The van der Waals surface area contributed by atoms with E-state index in [1.54, 1.807) is 17.0 Å². The number of rotatable bonds is 3. The fourth-order valence-electron chi connectivity index (χ4n) is 1.92. The summed E-state index contributed by atoms with van der Waals surface area (Å²) in [4.78, 5) is 13.6. The van der Waals surface area contributed by atoms with Gasteiger partial charge in [0.05, 0.1) is 10.2 Å². The highest BCUT2D eigenvalue weighted by atomic mass is 79.9. The minimum atomic E-state index is -0.00579. The van der Waals surface area contributed by atoms with Crippen molar-refractivity contribution in [3.05, 3.63) is 21.6 Å².